The van der Waals surface area contributed by atoms with Gasteiger partial charge in [0.1, 0.15) is 35.8 Å². The zero-order valence-electron chi connectivity index (χ0n) is 16.8. The number of hydrogen-bond donors (Lipinski definition) is 1. The van der Waals surface area contributed by atoms with Crippen molar-refractivity contribution in [2.45, 2.75) is 12.2 Å². The molecule has 1 N–H and O–H groups in total. The summed E-state index contributed by atoms with van der Waals surface area (Å²) in [5.41, 5.74) is 2.89. The Morgan fingerprint density at radius 2 is 1.87 bits per heavy atom. The molecule has 2 atom stereocenters. The van der Waals surface area contributed by atoms with E-state index in [1.807, 2.05) is 48.5 Å². The van der Waals surface area contributed by atoms with Gasteiger partial charge in [-0.2, -0.15) is 0 Å². The Hall–Kier alpha value is -3.64. The number of ether oxygens (including phenoxy) is 3. The monoisotopic (exact) mass is 417 g/mol. The summed E-state index contributed by atoms with van der Waals surface area (Å²) in [6, 6.07) is 21.0. The molecule has 0 saturated heterocycles. The zero-order valence-corrected chi connectivity index (χ0v) is 16.8. The van der Waals surface area contributed by atoms with Crippen LogP contribution in [-0.2, 0) is 0 Å². The van der Waals surface area contributed by atoms with Crippen molar-refractivity contribution in [3.05, 3.63) is 84.2 Å². The molecule has 2 heterocycles. The molecule has 0 aliphatic carbocycles. The van der Waals surface area contributed by atoms with Gasteiger partial charge in [-0.1, -0.05) is 12.1 Å². The highest BCUT2D eigenvalue weighted by Gasteiger charge is 2.31. The van der Waals surface area contributed by atoms with E-state index in [0.717, 1.165) is 16.6 Å². The van der Waals surface area contributed by atoms with Crippen molar-refractivity contribution in [3.63, 3.8) is 0 Å². The van der Waals surface area contributed by atoms with E-state index >= 15 is 0 Å². The standard InChI is InChI=1S/C25H20FNO4/c1-29-18-3-2-4-19(13-18)31-24-14-30-23-10-6-16(12-20(23)25(24)28)21-8-5-15-11-17(26)7-9-22(15)27-21/h2-13,24-25,28H,14H2,1H3. The van der Waals surface area contributed by atoms with Crippen LogP contribution in [0.25, 0.3) is 22.2 Å². The van der Waals surface area contributed by atoms with E-state index in [4.69, 9.17) is 14.2 Å². The van der Waals surface area contributed by atoms with Crippen molar-refractivity contribution < 1.29 is 23.7 Å². The Bertz CT molecular complexity index is 1260. The highest BCUT2D eigenvalue weighted by atomic mass is 19.1. The van der Waals surface area contributed by atoms with Gasteiger partial charge in [0.25, 0.3) is 0 Å². The second-order valence-electron chi connectivity index (χ2n) is 7.38. The number of aliphatic hydroxyl groups excluding tert-OH is 1. The minimum absolute atomic E-state index is 0.227. The first-order valence-electron chi connectivity index (χ1n) is 9.93. The maximum absolute atomic E-state index is 13.4. The fraction of sp³-hybridized carbons (Fsp3) is 0.160. The molecule has 1 aliphatic heterocycles. The van der Waals surface area contributed by atoms with Gasteiger partial charge in [0, 0.05) is 22.6 Å². The number of pyridine rings is 1. The van der Waals surface area contributed by atoms with Crippen molar-refractivity contribution >= 4 is 10.9 Å². The van der Waals surface area contributed by atoms with E-state index in [1.54, 1.807) is 19.2 Å². The summed E-state index contributed by atoms with van der Waals surface area (Å²) in [5, 5.41) is 11.7. The molecular formula is C25H20FNO4. The van der Waals surface area contributed by atoms with Crippen molar-refractivity contribution in [2.75, 3.05) is 13.7 Å². The Kier molecular flexibility index (Phi) is 4.92. The van der Waals surface area contributed by atoms with Crippen LogP contribution in [0, 0.1) is 5.82 Å². The number of benzene rings is 3. The molecular weight excluding hydrogens is 397 g/mol. The maximum atomic E-state index is 13.4. The quantitative estimate of drug-likeness (QED) is 0.511. The van der Waals surface area contributed by atoms with Gasteiger partial charge < -0.3 is 19.3 Å². The highest BCUT2D eigenvalue weighted by molar-refractivity contribution is 5.81. The Morgan fingerprint density at radius 3 is 2.74 bits per heavy atom. The minimum atomic E-state index is -0.871. The van der Waals surface area contributed by atoms with Gasteiger partial charge in [-0.3, -0.25) is 0 Å². The highest BCUT2D eigenvalue weighted by Crippen LogP contribution is 2.37. The minimum Gasteiger partial charge on any atom is -0.497 e. The van der Waals surface area contributed by atoms with Gasteiger partial charge >= 0.3 is 0 Å². The fourth-order valence-corrected chi connectivity index (χ4v) is 3.74. The number of halogens is 1. The third kappa shape index (κ3) is 3.78. The first kappa shape index (κ1) is 19.3. The predicted octanol–water partition coefficient (Wildman–Crippen LogP) is 4.92. The van der Waals surface area contributed by atoms with Crippen LogP contribution in [0.3, 0.4) is 0 Å². The van der Waals surface area contributed by atoms with Gasteiger partial charge in [0.05, 0.1) is 18.3 Å². The molecule has 6 heteroatoms. The molecule has 156 valence electrons. The van der Waals surface area contributed by atoms with Crippen LogP contribution in [0.2, 0.25) is 0 Å². The van der Waals surface area contributed by atoms with Gasteiger partial charge in [-0.05, 0) is 54.6 Å². The molecule has 0 bridgehead atoms. The lowest BCUT2D eigenvalue weighted by Crippen LogP contribution is -2.35. The maximum Gasteiger partial charge on any atom is 0.163 e. The van der Waals surface area contributed by atoms with Crippen LogP contribution in [-0.4, -0.2) is 29.9 Å². The summed E-state index contributed by atoms with van der Waals surface area (Å²) in [6.45, 7) is 0.227. The van der Waals surface area contributed by atoms with Gasteiger partial charge in [0.2, 0.25) is 0 Å². The lowest BCUT2D eigenvalue weighted by Gasteiger charge is -2.31. The van der Waals surface area contributed by atoms with Crippen molar-refractivity contribution in [3.8, 4) is 28.5 Å². The molecule has 3 aromatic carbocycles. The molecule has 4 aromatic rings. The molecule has 0 fully saturated rings. The van der Waals surface area contributed by atoms with E-state index in [1.165, 1.54) is 12.1 Å². The smallest absolute Gasteiger partial charge is 0.163 e. The molecule has 0 saturated carbocycles. The lowest BCUT2D eigenvalue weighted by molar-refractivity contribution is -0.0103. The SMILES string of the molecule is COc1cccc(OC2COc3ccc(-c4ccc5cc(F)ccc5n4)cc3C2O)c1. The predicted molar refractivity (Wildman–Crippen MR) is 115 cm³/mol. The third-order valence-corrected chi connectivity index (χ3v) is 5.36. The molecule has 0 spiro atoms. The Labute approximate surface area is 178 Å². The summed E-state index contributed by atoms with van der Waals surface area (Å²) in [5.74, 6) is 1.59. The van der Waals surface area contributed by atoms with E-state index in [-0.39, 0.29) is 12.4 Å². The number of aromatic nitrogens is 1. The molecule has 0 amide bonds. The number of methoxy groups -OCH3 is 1. The van der Waals surface area contributed by atoms with Gasteiger partial charge in [-0.25, -0.2) is 9.37 Å². The number of rotatable bonds is 4. The average Bonchev–Trinajstić information content (AvgIpc) is 2.80. The van der Waals surface area contributed by atoms with Crippen LogP contribution in [0.15, 0.2) is 72.8 Å². The van der Waals surface area contributed by atoms with E-state index in [0.29, 0.717) is 28.3 Å². The molecule has 31 heavy (non-hydrogen) atoms. The van der Waals surface area contributed by atoms with Gasteiger partial charge in [-0.15, -0.1) is 0 Å². The first-order chi connectivity index (χ1) is 15.1. The van der Waals surface area contributed by atoms with Crippen LogP contribution < -0.4 is 14.2 Å². The molecule has 5 rings (SSSR count). The van der Waals surface area contributed by atoms with E-state index < -0.39 is 12.2 Å². The van der Waals surface area contributed by atoms with E-state index in [2.05, 4.69) is 4.98 Å². The molecule has 5 nitrogen and oxygen atoms in total. The van der Waals surface area contributed by atoms with Gasteiger partial charge in [0.15, 0.2) is 6.10 Å². The zero-order chi connectivity index (χ0) is 21.4. The number of nitrogens with zero attached hydrogens (tertiary/aromatic N) is 1. The van der Waals surface area contributed by atoms with Crippen LogP contribution in [0.5, 0.6) is 17.2 Å². The molecule has 2 unspecified atom stereocenters. The van der Waals surface area contributed by atoms with Crippen LogP contribution >= 0.6 is 0 Å². The third-order valence-electron chi connectivity index (χ3n) is 5.36. The van der Waals surface area contributed by atoms with Crippen LogP contribution in [0.1, 0.15) is 11.7 Å². The topological polar surface area (TPSA) is 60.8 Å². The summed E-state index contributed by atoms with van der Waals surface area (Å²) in [4.78, 5) is 4.63. The molecule has 1 aliphatic rings. The second kappa shape index (κ2) is 7.89. The summed E-state index contributed by atoms with van der Waals surface area (Å²) < 4.78 is 30.5. The lowest BCUT2D eigenvalue weighted by atomic mass is 9.97. The van der Waals surface area contributed by atoms with Crippen molar-refractivity contribution in [1.29, 1.82) is 0 Å². The average molecular weight is 417 g/mol. The second-order valence-corrected chi connectivity index (χ2v) is 7.38. The summed E-state index contributed by atoms with van der Waals surface area (Å²) in [6.07, 6.45) is -1.44. The number of aliphatic hydroxyl groups is 1. The molecule has 0 radical (unpaired) electrons. The van der Waals surface area contributed by atoms with Crippen molar-refractivity contribution in [1.82, 2.24) is 4.98 Å². The summed E-state index contributed by atoms with van der Waals surface area (Å²) in [7, 11) is 1.59. The Balaban J connectivity index is 1.44. The molecule has 1 aromatic heterocycles. The largest absolute Gasteiger partial charge is 0.497 e. The Morgan fingerprint density at radius 1 is 1.00 bits per heavy atom. The number of fused-ring (bicyclic) bond motifs is 2. The van der Waals surface area contributed by atoms with Crippen molar-refractivity contribution in [2.24, 2.45) is 0 Å². The first-order valence-corrected chi connectivity index (χ1v) is 9.93. The number of hydrogen-bond acceptors (Lipinski definition) is 5. The van der Waals surface area contributed by atoms with E-state index in [9.17, 15) is 9.50 Å². The normalized spacial score (nSPS) is 17.6. The summed E-state index contributed by atoms with van der Waals surface area (Å²) >= 11 is 0. The van der Waals surface area contributed by atoms with Crippen LogP contribution in [0.4, 0.5) is 4.39 Å². The fourth-order valence-electron chi connectivity index (χ4n) is 3.74.